The van der Waals surface area contributed by atoms with Crippen LogP contribution in [0.15, 0.2) is 18.2 Å². The van der Waals surface area contributed by atoms with Crippen LogP contribution in [0.2, 0.25) is 5.02 Å². The van der Waals surface area contributed by atoms with Gasteiger partial charge in [-0.15, -0.1) is 0 Å². The first-order chi connectivity index (χ1) is 6.72. The number of nitrogens with one attached hydrogen (secondary N) is 1. The number of aromatic nitrogens is 2. The van der Waals surface area contributed by atoms with E-state index >= 15 is 0 Å². The summed E-state index contributed by atoms with van der Waals surface area (Å²) < 4.78 is 0. The van der Waals surface area contributed by atoms with Gasteiger partial charge in [0.15, 0.2) is 5.78 Å². The van der Waals surface area contributed by atoms with Crippen molar-refractivity contribution in [2.75, 3.05) is 0 Å². The highest BCUT2D eigenvalue weighted by Crippen LogP contribution is 2.21. The fraction of sp³-hybridized carbons (Fsp3) is 0.200. The molecule has 72 valence electrons. The summed E-state index contributed by atoms with van der Waals surface area (Å²) in [6, 6.07) is 5.34. The molecule has 0 saturated heterocycles. The standard InChI is InChI=1S/C10H9ClN2O/c1-2-9(14)10-7-5-6(11)3-4-8(7)12-13-10/h3-5H,2H2,1H3,(H,12,13). The Balaban J connectivity index is 2.67. The lowest BCUT2D eigenvalue weighted by Gasteiger charge is -1.93. The summed E-state index contributed by atoms with van der Waals surface area (Å²) in [5.41, 5.74) is 1.32. The third kappa shape index (κ3) is 1.40. The molecule has 0 amide bonds. The molecule has 0 spiro atoms. The second-order valence-corrected chi connectivity index (χ2v) is 3.48. The van der Waals surface area contributed by atoms with E-state index in [1.807, 2.05) is 13.0 Å². The van der Waals surface area contributed by atoms with Crippen molar-refractivity contribution >= 4 is 28.3 Å². The van der Waals surface area contributed by atoms with E-state index in [0.29, 0.717) is 17.1 Å². The van der Waals surface area contributed by atoms with Gasteiger partial charge in [0, 0.05) is 16.8 Å². The lowest BCUT2D eigenvalue weighted by molar-refractivity contribution is 0.0985. The van der Waals surface area contributed by atoms with Gasteiger partial charge in [0.25, 0.3) is 0 Å². The van der Waals surface area contributed by atoms with Crippen LogP contribution >= 0.6 is 11.6 Å². The van der Waals surface area contributed by atoms with E-state index in [9.17, 15) is 4.79 Å². The second-order valence-electron chi connectivity index (χ2n) is 3.04. The highest BCUT2D eigenvalue weighted by atomic mass is 35.5. The molecule has 3 nitrogen and oxygen atoms in total. The van der Waals surface area contributed by atoms with E-state index in [-0.39, 0.29) is 5.78 Å². The molecule has 0 unspecified atom stereocenters. The average molecular weight is 209 g/mol. The number of carbonyl (C=O) groups is 1. The first-order valence-electron chi connectivity index (χ1n) is 4.39. The lowest BCUT2D eigenvalue weighted by Crippen LogP contribution is -1.97. The molecule has 0 fully saturated rings. The van der Waals surface area contributed by atoms with Crippen molar-refractivity contribution in [1.29, 1.82) is 0 Å². The van der Waals surface area contributed by atoms with Crippen molar-refractivity contribution in [2.45, 2.75) is 13.3 Å². The van der Waals surface area contributed by atoms with Crippen molar-refractivity contribution in [3.05, 3.63) is 28.9 Å². The molecular weight excluding hydrogens is 200 g/mol. The van der Waals surface area contributed by atoms with Crippen LogP contribution in [-0.2, 0) is 0 Å². The molecule has 0 saturated carbocycles. The maximum absolute atomic E-state index is 11.5. The zero-order valence-corrected chi connectivity index (χ0v) is 8.43. The van der Waals surface area contributed by atoms with Gasteiger partial charge in [-0.25, -0.2) is 0 Å². The monoisotopic (exact) mass is 208 g/mol. The van der Waals surface area contributed by atoms with Crippen LogP contribution < -0.4 is 0 Å². The molecule has 1 aromatic carbocycles. The topological polar surface area (TPSA) is 45.8 Å². The number of carbonyl (C=O) groups excluding carboxylic acids is 1. The van der Waals surface area contributed by atoms with Gasteiger partial charge >= 0.3 is 0 Å². The molecule has 1 N–H and O–H groups in total. The molecule has 2 aromatic rings. The fourth-order valence-corrected chi connectivity index (χ4v) is 1.54. The van der Waals surface area contributed by atoms with Crippen molar-refractivity contribution in [3.63, 3.8) is 0 Å². The van der Waals surface area contributed by atoms with Crippen LogP contribution in [0.3, 0.4) is 0 Å². The molecule has 0 aliphatic heterocycles. The number of ketones is 1. The summed E-state index contributed by atoms with van der Waals surface area (Å²) in [4.78, 5) is 11.5. The Kier molecular flexibility index (Phi) is 2.25. The Morgan fingerprint density at radius 2 is 2.36 bits per heavy atom. The summed E-state index contributed by atoms with van der Waals surface area (Å²) in [7, 11) is 0. The van der Waals surface area contributed by atoms with Crippen LogP contribution in [0.25, 0.3) is 10.9 Å². The Labute approximate surface area is 86.1 Å². The molecule has 1 heterocycles. The molecule has 0 atom stereocenters. The van der Waals surface area contributed by atoms with Gasteiger partial charge in [-0.3, -0.25) is 9.89 Å². The number of halogens is 1. The predicted molar refractivity (Wildman–Crippen MR) is 55.7 cm³/mol. The third-order valence-corrected chi connectivity index (χ3v) is 2.35. The SMILES string of the molecule is CCC(=O)c1n[nH]c2ccc(Cl)cc12. The minimum Gasteiger partial charge on any atom is -0.292 e. The first kappa shape index (κ1) is 9.21. The van der Waals surface area contributed by atoms with Crippen molar-refractivity contribution in [2.24, 2.45) is 0 Å². The molecule has 2 rings (SSSR count). The summed E-state index contributed by atoms with van der Waals surface area (Å²) >= 11 is 5.84. The van der Waals surface area contributed by atoms with E-state index in [2.05, 4.69) is 10.2 Å². The van der Waals surface area contributed by atoms with E-state index in [1.54, 1.807) is 12.1 Å². The quantitative estimate of drug-likeness (QED) is 0.772. The van der Waals surface area contributed by atoms with Crippen LogP contribution in [0.4, 0.5) is 0 Å². The number of hydrogen-bond acceptors (Lipinski definition) is 2. The lowest BCUT2D eigenvalue weighted by atomic mass is 10.1. The van der Waals surface area contributed by atoms with Gasteiger partial charge in [-0.1, -0.05) is 18.5 Å². The Hall–Kier alpha value is -1.35. The number of H-pyrrole nitrogens is 1. The molecular formula is C10H9ClN2O. The van der Waals surface area contributed by atoms with E-state index in [0.717, 1.165) is 10.9 Å². The molecule has 14 heavy (non-hydrogen) atoms. The van der Waals surface area contributed by atoms with Crippen molar-refractivity contribution in [3.8, 4) is 0 Å². The first-order valence-corrected chi connectivity index (χ1v) is 4.77. The minimum absolute atomic E-state index is 0.0264. The predicted octanol–water partition coefficient (Wildman–Crippen LogP) is 2.81. The van der Waals surface area contributed by atoms with Crippen LogP contribution in [0, 0.1) is 0 Å². The van der Waals surface area contributed by atoms with Gasteiger partial charge in [0.2, 0.25) is 0 Å². The van der Waals surface area contributed by atoms with Gasteiger partial charge in [-0.2, -0.15) is 5.10 Å². The number of fused-ring (bicyclic) bond motifs is 1. The third-order valence-electron chi connectivity index (χ3n) is 2.11. The van der Waals surface area contributed by atoms with Gasteiger partial charge in [0.05, 0.1) is 5.52 Å². The molecule has 0 radical (unpaired) electrons. The Bertz CT molecular complexity index is 490. The Morgan fingerprint density at radius 1 is 1.57 bits per heavy atom. The average Bonchev–Trinajstić information content (AvgIpc) is 2.59. The van der Waals surface area contributed by atoms with Crippen molar-refractivity contribution < 1.29 is 4.79 Å². The normalized spacial score (nSPS) is 10.7. The molecule has 0 bridgehead atoms. The molecule has 0 aliphatic carbocycles. The number of aromatic amines is 1. The summed E-state index contributed by atoms with van der Waals surface area (Å²) in [6.45, 7) is 1.81. The van der Waals surface area contributed by atoms with E-state index in [1.165, 1.54) is 0 Å². The summed E-state index contributed by atoms with van der Waals surface area (Å²) in [5, 5.41) is 8.19. The van der Waals surface area contributed by atoms with Crippen molar-refractivity contribution in [1.82, 2.24) is 10.2 Å². The van der Waals surface area contributed by atoms with Crippen LogP contribution in [-0.4, -0.2) is 16.0 Å². The Morgan fingerprint density at radius 3 is 3.07 bits per heavy atom. The smallest absolute Gasteiger partial charge is 0.183 e. The molecule has 0 aliphatic rings. The van der Waals surface area contributed by atoms with Gasteiger partial charge in [-0.05, 0) is 18.2 Å². The maximum Gasteiger partial charge on any atom is 0.183 e. The molecule has 1 aromatic heterocycles. The van der Waals surface area contributed by atoms with E-state index in [4.69, 9.17) is 11.6 Å². The number of benzene rings is 1. The molecule has 4 heteroatoms. The largest absolute Gasteiger partial charge is 0.292 e. The minimum atomic E-state index is 0.0264. The van der Waals surface area contributed by atoms with Crippen LogP contribution in [0.1, 0.15) is 23.8 Å². The number of hydrogen-bond donors (Lipinski definition) is 1. The number of Topliss-reactive ketones (excluding diaryl/α,β-unsaturated/α-hetero) is 1. The number of nitrogens with zero attached hydrogens (tertiary/aromatic N) is 1. The maximum atomic E-state index is 11.5. The highest BCUT2D eigenvalue weighted by molar-refractivity contribution is 6.31. The highest BCUT2D eigenvalue weighted by Gasteiger charge is 2.11. The zero-order chi connectivity index (χ0) is 10.1. The number of rotatable bonds is 2. The van der Waals surface area contributed by atoms with Gasteiger partial charge < -0.3 is 0 Å². The summed E-state index contributed by atoms with van der Waals surface area (Å²) in [5.74, 6) is 0.0264. The van der Waals surface area contributed by atoms with E-state index < -0.39 is 0 Å². The zero-order valence-electron chi connectivity index (χ0n) is 7.67. The fourth-order valence-electron chi connectivity index (χ4n) is 1.37. The second kappa shape index (κ2) is 3.42. The summed E-state index contributed by atoms with van der Waals surface area (Å²) in [6.07, 6.45) is 0.451. The van der Waals surface area contributed by atoms with Gasteiger partial charge in [0.1, 0.15) is 5.69 Å². The van der Waals surface area contributed by atoms with Crippen LogP contribution in [0.5, 0.6) is 0 Å².